The van der Waals surface area contributed by atoms with Gasteiger partial charge in [0.05, 0.1) is 17.1 Å². The van der Waals surface area contributed by atoms with E-state index in [-0.39, 0.29) is 0 Å². The normalized spacial score (nSPS) is 9.33. The lowest BCUT2D eigenvalue weighted by Crippen LogP contribution is -2.20. The molecule has 1 aromatic carbocycles. The van der Waals surface area contributed by atoms with Crippen molar-refractivity contribution >= 4 is 23.1 Å². The van der Waals surface area contributed by atoms with Gasteiger partial charge >= 0.3 is 6.03 Å². The Morgan fingerprint density at radius 2 is 2.00 bits per heavy atom. The molecule has 0 aliphatic carbocycles. The Morgan fingerprint density at radius 3 is 2.58 bits per heavy atom. The highest BCUT2D eigenvalue weighted by atomic mass is 16.2. The highest BCUT2D eigenvalue weighted by molar-refractivity contribution is 5.93. The van der Waals surface area contributed by atoms with E-state index < -0.39 is 6.03 Å². The van der Waals surface area contributed by atoms with Crippen LogP contribution in [0.15, 0.2) is 18.2 Å². The number of nitrogens with one attached hydrogen (secondary N) is 1. The number of carbonyl (C=O) groups excluding carboxylic acids is 1. The molecule has 0 aromatic heterocycles. The minimum atomic E-state index is -0.660. The zero-order valence-electron chi connectivity index (χ0n) is 6.37. The van der Waals surface area contributed by atoms with Crippen molar-refractivity contribution in [1.29, 1.82) is 0 Å². The monoisotopic (exact) mass is 166 g/mol. The maximum Gasteiger partial charge on any atom is 0.316 e. The van der Waals surface area contributed by atoms with Crippen LogP contribution < -0.4 is 22.5 Å². The van der Waals surface area contributed by atoms with E-state index in [0.717, 1.165) is 0 Å². The molecule has 5 nitrogen and oxygen atoms in total. The number of carbonyl (C=O) groups is 1. The van der Waals surface area contributed by atoms with E-state index in [2.05, 4.69) is 5.32 Å². The van der Waals surface area contributed by atoms with Gasteiger partial charge < -0.3 is 22.5 Å². The average molecular weight is 166 g/mol. The molecule has 0 aliphatic rings. The number of rotatable bonds is 1. The Morgan fingerprint density at radius 1 is 1.33 bits per heavy atom. The Hall–Kier alpha value is -1.91. The van der Waals surface area contributed by atoms with E-state index in [1.54, 1.807) is 18.2 Å². The third-order valence-electron chi connectivity index (χ3n) is 1.40. The molecule has 0 radical (unpaired) electrons. The number of primary amides is 1. The van der Waals surface area contributed by atoms with Crippen LogP contribution in [-0.2, 0) is 0 Å². The molecule has 0 aliphatic heterocycles. The van der Waals surface area contributed by atoms with Crippen molar-refractivity contribution in [3.8, 4) is 0 Å². The standard InChI is InChI=1S/C7H10N4O/c8-4-2-1-3-5(6(4)9)11-7(10)12/h1-3H,8-9H2,(H3,10,11,12). The van der Waals surface area contributed by atoms with Crippen molar-refractivity contribution in [3.05, 3.63) is 18.2 Å². The predicted octanol–water partition coefficient (Wildman–Crippen LogP) is 0.342. The Balaban J connectivity index is 3.00. The quantitative estimate of drug-likeness (QED) is 0.452. The lowest BCUT2D eigenvalue weighted by molar-refractivity contribution is 0.259. The summed E-state index contributed by atoms with van der Waals surface area (Å²) in [6.07, 6.45) is 0. The molecular formula is C7H10N4O. The number of urea groups is 1. The third-order valence-corrected chi connectivity index (χ3v) is 1.40. The van der Waals surface area contributed by atoms with Crippen molar-refractivity contribution < 1.29 is 4.79 Å². The number of hydrogen-bond donors (Lipinski definition) is 4. The fourth-order valence-electron chi connectivity index (χ4n) is 0.825. The van der Waals surface area contributed by atoms with Crippen LogP contribution in [-0.4, -0.2) is 6.03 Å². The summed E-state index contributed by atoms with van der Waals surface area (Å²) in [7, 11) is 0. The first-order chi connectivity index (χ1) is 5.61. The number of nitrogen functional groups attached to an aromatic ring is 2. The molecule has 0 unspecified atom stereocenters. The maximum atomic E-state index is 10.4. The van der Waals surface area contributed by atoms with Crippen LogP contribution in [0.1, 0.15) is 0 Å². The molecule has 1 rings (SSSR count). The van der Waals surface area contributed by atoms with Gasteiger partial charge in [-0.15, -0.1) is 0 Å². The summed E-state index contributed by atoms with van der Waals surface area (Å²) < 4.78 is 0. The summed E-state index contributed by atoms with van der Waals surface area (Å²) in [5.41, 5.74) is 17.1. The van der Waals surface area contributed by atoms with Gasteiger partial charge in [-0.3, -0.25) is 0 Å². The van der Waals surface area contributed by atoms with Crippen molar-refractivity contribution in [2.45, 2.75) is 0 Å². The zero-order chi connectivity index (χ0) is 9.14. The predicted molar refractivity (Wildman–Crippen MR) is 48.5 cm³/mol. The highest BCUT2D eigenvalue weighted by Crippen LogP contribution is 2.23. The van der Waals surface area contributed by atoms with E-state index in [9.17, 15) is 4.79 Å². The number of hydrogen-bond acceptors (Lipinski definition) is 3. The summed E-state index contributed by atoms with van der Waals surface area (Å²) in [6, 6.07) is 4.28. The Labute approximate surface area is 69.5 Å². The molecule has 1 aromatic rings. The first-order valence-corrected chi connectivity index (χ1v) is 3.31. The molecule has 7 N–H and O–H groups in total. The fourth-order valence-corrected chi connectivity index (χ4v) is 0.825. The topological polar surface area (TPSA) is 107 Å². The minimum absolute atomic E-state index is 0.330. The molecule has 0 atom stereocenters. The second-order valence-electron chi connectivity index (χ2n) is 2.30. The Kier molecular flexibility index (Phi) is 2.05. The minimum Gasteiger partial charge on any atom is -0.397 e. The highest BCUT2D eigenvalue weighted by Gasteiger charge is 2.02. The average Bonchev–Trinajstić information content (AvgIpc) is 1.98. The van der Waals surface area contributed by atoms with E-state index >= 15 is 0 Å². The molecule has 0 heterocycles. The number of benzene rings is 1. The van der Waals surface area contributed by atoms with Crippen molar-refractivity contribution in [2.24, 2.45) is 5.73 Å². The summed E-state index contributed by atoms with van der Waals surface area (Å²) in [6.45, 7) is 0. The fraction of sp³-hybridized carbons (Fsp3) is 0. The first kappa shape index (κ1) is 8.19. The van der Waals surface area contributed by atoms with E-state index in [1.807, 2.05) is 0 Å². The third kappa shape index (κ3) is 1.57. The summed E-state index contributed by atoms with van der Waals surface area (Å²) in [5, 5.41) is 2.35. The van der Waals surface area contributed by atoms with Crippen LogP contribution in [0.5, 0.6) is 0 Å². The van der Waals surface area contributed by atoms with Gasteiger partial charge in [0.2, 0.25) is 0 Å². The second kappa shape index (κ2) is 3.00. The molecule has 0 fully saturated rings. The van der Waals surface area contributed by atoms with E-state index in [4.69, 9.17) is 17.2 Å². The van der Waals surface area contributed by atoms with E-state index in [1.165, 1.54) is 0 Å². The van der Waals surface area contributed by atoms with Crippen molar-refractivity contribution in [1.82, 2.24) is 0 Å². The number of anilines is 3. The van der Waals surface area contributed by atoms with Crippen LogP contribution in [0, 0.1) is 0 Å². The van der Waals surface area contributed by atoms with Gasteiger partial charge in [-0.1, -0.05) is 6.07 Å². The molecule has 5 heteroatoms. The van der Waals surface area contributed by atoms with Crippen molar-refractivity contribution in [2.75, 3.05) is 16.8 Å². The Bertz CT molecular complexity index is 310. The van der Waals surface area contributed by atoms with Crippen LogP contribution in [0.25, 0.3) is 0 Å². The van der Waals surface area contributed by atoms with Gasteiger partial charge in [0.1, 0.15) is 0 Å². The molecule has 0 spiro atoms. The molecule has 64 valence electrons. The second-order valence-corrected chi connectivity index (χ2v) is 2.30. The number of nitrogens with two attached hydrogens (primary N) is 3. The summed E-state index contributed by atoms with van der Waals surface area (Å²) in [5.74, 6) is 0. The van der Waals surface area contributed by atoms with Gasteiger partial charge in [-0.25, -0.2) is 4.79 Å². The van der Waals surface area contributed by atoms with Gasteiger partial charge in [0.15, 0.2) is 0 Å². The van der Waals surface area contributed by atoms with Crippen molar-refractivity contribution in [3.63, 3.8) is 0 Å². The van der Waals surface area contributed by atoms with Crippen LogP contribution in [0.3, 0.4) is 0 Å². The largest absolute Gasteiger partial charge is 0.397 e. The molecule has 0 saturated carbocycles. The number of para-hydroxylation sites is 1. The SMILES string of the molecule is NC(=O)Nc1cccc(N)c1N. The smallest absolute Gasteiger partial charge is 0.316 e. The first-order valence-electron chi connectivity index (χ1n) is 3.31. The summed E-state index contributed by atoms with van der Waals surface area (Å²) >= 11 is 0. The molecule has 2 amide bonds. The van der Waals surface area contributed by atoms with E-state index in [0.29, 0.717) is 17.1 Å². The van der Waals surface area contributed by atoms with Gasteiger partial charge in [0.25, 0.3) is 0 Å². The summed E-state index contributed by atoms with van der Waals surface area (Å²) in [4.78, 5) is 10.4. The molecule has 0 saturated heterocycles. The van der Waals surface area contributed by atoms with Gasteiger partial charge in [-0.05, 0) is 12.1 Å². The lowest BCUT2D eigenvalue weighted by atomic mass is 10.2. The van der Waals surface area contributed by atoms with Crippen LogP contribution >= 0.6 is 0 Å². The lowest BCUT2D eigenvalue weighted by Gasteiger charge is -2.06. The molecule has 12 heavy (non-hydrogen) atoms. The maximum absolute atomic E-state index is 10.4. The number of amides is 2. The zero-order valence-corrected chi connectivity index (χ0v) is 6.37. The molecule has 0 bridgehead atoms. The van der Waals surface area contributed by atoms with Crippen LogP contribution in [0.2, 0.25) is 0 Å². The van der Waals surface area contributed by atoms with Gasteiger partial charge in [0, 0.05) is 0 Å². The van der Waals surface area contributed by atoms with Crippen LogP contribution in [0.4, 0.5) is 21.9 Å². The van der Waals surface area contributed by atoms with Gasteiger partial charge in [-0.2, -0.15) is 0 Å². The molecular weight excluding hydrogens is 156 g/mol.